The zero-order chi connectivity index (χ0) is 17.1. The Hall–Kier alpha value is -2.59. The van der Waals surface area contributed by atoms with E-state index in [4.69, 9.17) is 10.00 Å². The lowest BCUT2D eigenvalue weighted by Crippen LogP contribution is -2.22. The summed E-state index contributed by atoms with van der Waals surface area (Å²) < 4.78 is 46.8. The van der Waals surface area contributed by atoms with Crippen molar-refractivity contribution < 1.29 is 17.9 Å². The van der Waals surface area contributed by atoms with Crippen LogP contribution in [-0.2, 0) is 0 Å². The van der Waals surface area contributed by atoms with Crippen LogP contribution in [0.3, 0.4) is 0 Å². The second kappa shape index (κ2) is 6.89. The molecule has 0 aliphatic carbocycles. The van der Waals surface area contributed by atoms with Gasteiger partial charge in [0, 0.05) is 12.5 Å². The maximum atomic E-state index is 14.2. The van der Waals surface area contributed by atoms with Gasteiger partial charge in [-0.3, -0.25) is 0 Å². The van der Waals surface area contributed by atoms with Gasteiger partial charge in [-0.25, -0.2) is 4.39 Å². The van der Waals surface area contributed by atoms with Crippen molar-refractivity contribution in [2.75, 3.05) is 13.1 Å². The van der Waals surface area contributed by atoms with E-state index in [2.05, 4.69) is 10.3 Å². The molecule has 1 aliphatic heterocycles. The largest absolute Gasteiger partial charge is 0.467 e. The highest BCUT2D eigenvalue weighted by Gasteiger charge is 2.31. The van der Waals surface area contributed by atoms with Gasteiger partial charge in [-0.1, -0.05) is 30.3 Å². The molecule has 1 saturated heterocycles. The Kier molecular flexibility index (Phi) is 4.67. The number of pyridine rings is 1. The van der Waals surface area contributed by atoms with E-state index in [1.165, 1.54) is 6.07 Å². The van der Waals surface area contributed by atoms with Crippen LogP contribution in [0.15, 0.2) is 30.3 Å². The topological polar surface area (TPSA) is 57.9 Å². The van der Waals surface area contributed by atoms with Gasteiger partial charge in [-0.2, -0.15) is 19.0 Å². The fourth-order valence-electron chi connectivity index (χ4n) is 2.80. The molecule has 24 heavy (non-hydrogen) atoms. The minimum absolute atomic E-state index is 0.0206. The van der Waals surface area contributed by atoms with Crippen LogP contribution in [0.1, 0.15) is 23.7 Å². The van der Waals surface area contributed by atoms with Gasteiger partial charge < -0.3 is 10.1 Å². The monoisotopic (exact) mass is 333 g/mol. The minimum Gasteiger partial charge on any atom is -0.467 e. The van der Waals surface area contributed by atoms with Gasteiger partial charge in [0.1, 0.15) is 17.7 Å². The summed E-state index contributed by atoms with van der Waals surface area (Å²) in [6.45, 7) is 1.43. The molecule has 0 saturated carbocycles. The lowest BCUT2D eigenvalue weighted by molar-refractivity contribution is 0.128. The summed E-state index contributed by atoms with van der Waals surface area (Å²) in [6.07, 6.45) is 0.204. The summed E-state index contributed by atoms with van der Waals surface area (Å²) in [4.78, 5) is 3.21. The van der Waals surface area contributed by atoms with Crippen LogP contribution in [0.25, 0.3) is 0 Å². The molecule has 0 amide bonds. The first-order chi connectivity index (χ1) is 11.6. The third-order valence-corrected chi connectivity index (χ3v) is 4.01. The summed E-state index contributed by atoms with van der Waals surface area (Å²) in [7, 11) is 0. The van der Waals surface area contributed by atoms with Crippen molar-refractivity contribution in [3.63, 3.8) is 0 Å². The third kappa shape index (κ3) is 3.05. The van der Waals surface area contributed by atoms with Crippen LogP contribution in [-0.4, -0.2) is 18.1 Å². The van der Waals surface area contributed by atoms with Crippen molar-refractivity contribution in [2.45, 2.75) is 12.5 Å². The molecule has 2 aromatic rings. The van der Waals surface area contributed by atoms with Gasteiger partial charge in [0.25, 0.3) is 11.8 Å². The Morgan fingerprint density at radius 1 is 1.21 bits per heavy atom. The maximum absolute atomic E-state index is 14.2. The second-order valence-electron chi connectivity index (χ2n) is 5.52. The van der Waals surface area contributed by atoms with E-state index >= 15 is 0 Å². The summed E-state index contributed by atoms with van der Waals surface area (Å²) in [5, 5.41) is 12.0. The Morgan fingerprint density at radius 3 is 2.58 bits per heavy atom. The second-order valence-corrected chi connectivity index (χ2v) is 5.52. The van der Waals surface area contributed by atoms with E-state index in [0.717, 1.165) is 18.5 Å². The molecular weight excluding hydrogens is 319 g/mol. The van der Waals surface area contributed by atoms with Crippen LogP contribution in [0.2, 0.25) is 0 Å². The number of rotatable bonds is 4. The normalized spacial score (nSPS) is 18.2. The zero-order valence-corrected chi connectivity index (χ0v) is 12.6. The van der Waals surface area contributed by atoms with Crippen LogP contribution >= 0.6 is 0 Å². The molecule has 0 radical (unpaired) electrons. The number of nitrogens with one attached hydrogen (secondary N) is 1. The number of halogens is 3. The van der Waals surface area contributed by atoms with Crippen molar-refractivity contribution in [1.29, 1.82) is 5.26 Å². The number of aromatic nitrogens is 1. The molecule has 2 heterocycles. The number of ether oxygens (including phenoxy) is 1. The van der Waals surface area contributed by atoms with Crippen LogP contribution in [0.4, 0.5) is 13.2 Å². The predicted molar refractivity (Wildman–Crippen MR) is 79.6 cm³/mol. The minimum atomic E-state index is -1.61. The fraction of sp³-hybridized carbons (Fsp3) is 0.294. The van der Waals surface area contributed by atoms with Gasteiger partial charge in [-0.15, -0.1) is 0 Å². The van der Waals surface area contributed by atoms with E-state index in [1.807, 2.05) is 30.3 Å². The summed E-state index contributed by atoms with van der Waals surface area (Å²) in [5.41, 5.74) is -0.260. The number of benzene rings is 1. The van der Waals surface area contributed by atoms with E-state index in [9.17, 15) is 13.2 Å². The SMILES string of the molecule is N#Cc1c(F)c(F)nc(OC(c2ccccc2)C2CCNC2)c1F. The van der Waals surface area contributed by atoms with Crippen LogP contribution in [0, 0.1) is 34.8 Å². The third-order valence-electron chi connectivity index (χ3n) is 4.01. The molecule has 1 aromatic carbocycles. The van der Waals surface area contributed by atoms with Gasteiger partial charge in [0.15, 0.2) is 5.82 Å². The Labute approximate surface area is 136 Å². The molecule has 2 unspecified atom stereocenters. The Bertz CT molecular complexity index is 771. The molecule has 7 heteroatoms. The van der Waals surface area contributed by atoms with E-state index < -0.39 is 35.1 Å². The molecule has 0 bridgehead atoms. The Balaban J connectivity index is 1.99. The van der Waals surface area contributed by atoms with E-state index in [0.29, 0.717) is 6.54 Å². The van der Waals surface area contributed by atoms with Gasteiger partial charge in [0.2, 0.25) is 5.82 Å². The molecule has 1 N–H and O–H groups in total. The van der Waals surface area contributed by atoms with E-state index in [1.54, 1.807) is 0 Å². The average molecular weight is 333 g/mol. The molecule has 3 rings (SSSR count). The highest BCUT2D eigenvalue weighted by molar-refractivity contribution is 5.36. The van der Waals surface area contributed by atoms with Gasteiger partial charge >= 0.3 is 0 Å². The molecule has 1 fully saturated rings. The lowest BCUT2D eigenvalue weighted by atomic mass is 9.95. The smallest absolute Gasteiger partial charge is 0.255 e. The molecule has 2 atom stereocenters. The highest BCUT2D eigenvalue weighted by atomic mass is 19.2. The van der Waals surface area contributed by atoms with Gasteiger partial charge in [-0.05, 0) is 18.5 Å². The van der Waals surface area contributed by atoms with E-state index in [-0.39, 0.29) is 5.92 Å². The fourth-order valence-corrected chi connectivity index (χ4v) is 2.80. The van der Waals surface area contributed by atoms with Crippen molar-refractivity contribution >= 4 is 0 Å². The maximum Gasteiger partial charge on any atom is 0.255 e. The van der Waals surface area contributed by atoms with Crippen LogP contribution < -0.4 is 10.1 Å². The summed E-state index contributed by atoms with van der Waals surface area (Å²) >= 11 is 0. The lowest BCUT2D eigenvalue weighted by Gasteiger charge is -2.24. The molecular formula is C17H14F3N3O. The molecule has 1 aliphatic rings. The summed E-state index contributed by atoms with van der Waals surface area (Å²) in [5.74, 6) is -5.14. The van der Waals surface area contributed by atoms with Crippen molar-refractivity contribution in [3.05, 3.63) is 59.0 Å². The van der Waals surface area contributed by atoms with Gasteiger partial charge in [0.05, 0.1) is 0 Å². The molecule has 124 valence electrons. The molecule has 0 spiro atoms. The quantitative estimate of drug-likeness (QED) is 0.874. The first-order valence-electron chi connectivity index (χ1n) is 7.48. The Morgan fingerprint density at radius 2 is 1.96 bits per heavy atom. The average Bonchev–Trinajstić information content (AvgIpc) is 3.12. The zero-order valence-electron chi connectivity index (χ0n) is 12.6. The van der Waals surface area contributed by atoms with Crippen LogP contribution in [0.5, 0.6) is 5.88 Å². The first-order valence-corrected chi connectivity index (χ1v) is 7.48. The van der Waals surface area contributed by atoms with Crippen molar-refractivity contribution in [3.8, 4) is 11.9 Å². The standard InChI is InChI=1S/C17H14F3N3O/c18-13-12(8-21)14(19)17(23-16(13)20)24-15(11-6-7-22-9-11)10-4-2-1-3-5-10/h1-5,11,15,22H,6-7,9H2. The molecule has 1 aromatic heterocycles. The number of nitrogens with zero attached hydrogens (tertiary/aromatic N) is 2. The van der Waals surface area contributed by atoms with Crippen molar-refractivity contribution in [1.82, 2.24) is 10.3 Å². The first kappa shape index (κ1) is 16.3. The summed E-state index contributed by atoms with van der Waals surface area (Å²) in [6, 6.07) is 10.4. The number of hydrogen-bond acceptors (Lipinski definition) is 4. The number of nitriles is 1. The van der Waals surface area contributed by atoms with Crippen molar-refractivity contribution in [2.24, 2.45) is 5.92 Å². The number of hydrogen-bond donors (Lipinski definition) is 1. The highest BCUT2D eigenvalue weighted by Crippen LogP contribution is 2.33. The molecule has 4 nitrogen and oxygen atoms in total. The predicted octanol–water partition coefficient (Wildman–Crippen LogP) is 3.10.